The topological polar surface area (TPSA) is 145 Å². The summed E-state index contributed by atoms with van der Waals surface area (Å²) in [4.78, 5) is 10.2. The second-order valence-corrected chi connectivity index (χ2v) is 9.78. The van der Waals surface area contributed by atoms with Crippen molar-refractivity contribution in [2.45, 2.75) is 32.6 Å². The Kier molecular flexibility index (Phi) is 31.4. The van der Waals surface area contributed by atoms with Gasteiger partial charge in [-0.3, -0.25) is 10.1 Å². The minimum Gasteiger partial charge on any atom is -0.491 e. The molecule has 1 aromatic rings. The Hall–Kier alpha value is -1.98. The maximum atomic E-state index is 10.6. The van der Waals surface area contributed by atoms with Gasteiger partial charge in [-0.05, 0) is 18.6 Å². The van der Waals surface area contributed by atoms with Crippen molar-refractivity contribution in [1.82, 2.24) is 0 Å². The van der Waals surface area contributed by atoms with Crippen molar-refractivity contribution in [1.29, 1.82) is 0 Å². The largest absolute Gasteiger partial charge is 0.491 e. The molecule has 1 aromatic carbocycles. The molecule has 0 heterocycles. The van der Waals surface area contributed by atoms with Crippen LogP contribution in [0.1, 0.15) is 32.6 Å². The molecule has 268 valence electrons. The molecule has 0 bridgehead atoms. The normalized spacial score (nSPS) is 11.3. The van der Waals surface area contributed by atoms with Crippen LogP contribution in [0.4, 0.5) is 5.69 Å². The highest BCUT2D eigenvalue weighted by Crippen LogP contribution is 2.17. The second kappa shape index (κ2) is 34.4. The van der Waals surface area contributed by atoms with Crippen molar-refractivity contribution in [3.63, 3.8) is 0 Å². The number of ether oxygens (including phenoxy) is 11. The van der Waals surface area contributed by atoms with E-state index in [0.29, 0.717) is 138 Å². The Morgan fingerprint density at radius 1 is 0.435 bits per heavy atom. The first-order valence-corrected chi connectivity index (χ1v) is 16.4. The van der Waals surface area contributed by atoms with Crippen molar-refractivity contribution >= 4 is 5.69 Å². The van der Waals surface area contributed by atoms with Gasteiger partial charge in [0.15, 0.2) is 0 Å². The van der Waals surface area contributed by atoms with Crippen LogP contribution in [0.2, 0.25) is 0 Å². The van der Waals surface area contributed by atoms with E-state index < -0.39 is 4.92 Å². The highest BCUT2D eigenvalue weighted by Gasteiger charge is 2.04. The van der Waals surface area contributed by atoms with E-state index >= 15 is 0 Å². The van der Waals surface area contributed by atoms with Crippen LogP contribution in [0.3, 0.4) is 0 Å². The molecule has 0 atom stereocenters. The van der Waals surface area contributed by atoms with Gasteiger partial charge >= 0.3 is 0 Å². The standard InChI is InChI=1S/C32H57NO13/c1-2-3-4-5-10-36-11-12-37-13-14-38-15-16-39-17-18-40-19-20-41-21-22-42-23-24-43-25-26-44-27-28-45-29-30-46-32-8-6-31(7-9-32)33(34)35/h6-9H,2-5,10-30H2,1H3. The molecule has 0 aromatic heterocycles. The summed E-state index contributed by atoms with van der Waals surface area (Å²) in [7, 11) is 0. The zero-order valence-corrected chi connectivity index (χ0v) is 27.7. The average molecular weight is 664 g/mol. The third kappa shape index (κ3) is 29.4. The van der Waals surface area contributed by atoms with Crippen LogP contribution in [-0.4, -0.2) is 144 Å². The van der Waals surface area contributed by atoms with Crippen LogP contribution < -0.4 is 4.74 Å². The van der Waals surface area contributed by atoms with E-state index in [4.69, 9.17) is 52.1 Å². The number of benzene rings is 1. The van der Waals surface area contributed by atoms with Gasteiger partial charge in [-0.25, -0.2) is 0 Å². The highest BCUT2D eigenvalue weighted by molar-refractivity contribution is 5.35. The number of nitro groups is 1. The van der Waals surface area contributed by atoms with Gasteiger partial charge in [-0.15, -0.1) is 0 Å². The Morgan fingerprint density at radius 2 is 0.739 bits per heavy atom. The summed E-state index contributed by atoms with van der Waals surface area (Å²) in [6.07, 6.45) is 4.87. The molecule has 0 N–H and O–H groups in total. The SMILES string of the molecule is CCCCCCOCCOCCOCCOCCOCCOCCOCCOCCOCCOCCOc1ccc([N+](=O)[O-])cc1. The highest BCUT2D eigenvalue weighted by atomic mass is 16.6. The second-order valence-electron chi connectivity index (χ2n) is 9.78. The molecule has 0 radical (unpaired) electrons. The van der Waals surface area contributed by atoms with E-state index in [1.807, 2.05) is 0 Å². The average Bonchev–Trinajstić information content (AvgIpc) is 3.06. The molecule has 0 aliphatic heterocycles. The van der Waals surface area contributed by atoms with E-state index in [-0.39, 0.29) is 5.69 Å². The molecule has 0 fully saturated rings. The first-order valence-electron chi connectivity index (χ1n) is 16.4. The quantitative estimate of drug-likeness (QED) is 0.0580. The molecule has 0 aliphatic rings. The minimum absolute atomic E-state index is 0.0274. The molecule has 0 spiro atoms. The van der Waals surface area contributed by atoms with Crippen molar-refractivity contribution in [3.8, 4) is 5.75 Å². The molecular weight excluding hydrogens is 606 g/mol. The molecule has 0 saturated heterocycles. The molecule has 46 heavy (non-hydrogen) atoms. The number of rotatable bonds is 37. The van der Waals surface area contributed by atoms with Crippen LogP contribution in [0.25, 0.3) is 0 Å². The number of nitrogens with zero attached hydrogens (tertiary/aromatic N) is 1. The number of hydrogen-bond donors (Lipinski definition) is 0. The molecule has 1 rings (SSSR count). The van der Waals surface area contributed by atoms with Crippen LogP contribution in [0, 0.1) is 10.1 Å². The minimum atomic E-state index is -0.450. The summed E-state index contributed by atoms with van der Waals surface area (Å²) in [5.41, 5.74) is 0.0274. The molecule has 14 heteroatoms. The number of nitro benzene ring substituents is 1. The Bertz CT molecular complexity index is 773. The van der Waals surface area contributed by atoms with Gasteiger partial charge in [-0.2, -0.15) is 0 Å². The van der Waals surface area contributed by atoms with Gasteiger partial charge in [0, 0.05) is 18.7 Å². The van der Waals surface area contributed by atoms with E-state index in [1.165, 1.54) is 31.4 Å². The summed E-state index contributed by atoms with van der Waals surface area (Å²) in [6, 6.07) is 5.92. The van der Waals surface area contributed by atoms with E-state index in [2.05, 4.69) is 6.92 Å². The van der Waals surface area contributed by atoms with Crippen LogP contribution >= 0.6 is 0 Å². The van der Waals surface area contributed by atoms with Gasteiger partial charge in [0.1, 0.15) is 12.4 Å². The third-order valence-electron chi connectivity index (χ3n) is 6.03. The smallest absolute Gasteiger partial charge is 0.269 e. The van der Waals surface area contributed by atoms with Crippen molar-refractivity contribution < 1.29 is 57.0 Å². The molecule has 0 unspecified atom stereocenters. The van der Waals surface area contributed by atoms with Crippen molar-refractivity contribution in [2.75, 3.05) is 139 Å². The number of hydrogen-bond acceptors (Lipinski definition) is 13. The van der Waals surface area contributed by atoms with Gasteiger partial charge in [-0.1, -0.05) is 26.2 Å². The van der Waals surface area contributed by atoms with Crippen LogP contribution in [0.15, 0.2) is 24.3 Å². The van der Waals surface area contributed by atoms with E-state index in [1.54, 1.807) is 12.1 Å². The monoisotopic (exact) mass is 663 g/mol. The molecular formula is C32H57NO13. The lowest BCUT2D eigenvalue weighted by Gasteiger charge is -2.09. The molecule has 0 amide bonds. The zero-order chi connectivity index (χ0) is 33.0. The fraction of sp³-hybridized carbons (Fsp3) is 0.812. The number of non-ortho nitro benzene ring substituents is 1. The first kappa shape index (κ1) is 42.0. The fourth-order valence-corrected chi connectivity index (χ4v) is 3.59. The van der Waals surface area contributed by atoms with Crippen molar-refractivity contribution in [2.24, 2.45) is 0 Å². The maximum absolute atomic E-state index is 10.6. The van der Waals surface area contributed by atoms with Gasteiger partial charge < -0.3 is 52.1 Å². The van der Waals surface area contributed by atoms with Crippen LogP contribution in [-0.2, 0) is 47.4 Å². The Morgan fingerprint density at radius 3 is 1.04 bits per heavy atom. The Balaban J connectivity index is 1.65. The predicted molar refractivity (Wildman–Crippen MR) is 171 cm³/mol. The Labute approximate surface area is 274 Å². The van der Waals surface area contributed by atoms with Crippen molar-refractivity contribution in [3.05, 3.63) is 34.4 Å². The van der Waals surface area contributed by atoms with Gasteiger partial charge in [0.25, 0.3) is 5.69 Å². The summed E-state index contributed by atoms with van der Waals surface area (Å²) in [5, 5.41) is 10.6. The van der Waals surface area contributed by atoms with Gasteiger partial charge in [0.05, 0.1) is 130 Å². The third-order valence-corrected chi connectivity index (χ3v) is 6.03. The van der Waals surface area contributed by atoms with Crippen LogP contribution in [0.5, 0.6) is 5.75 Å². The van der Waals surface area contributed by atoms with Gasteiger partial charge in [0.2, 0.25) is 0 Å². The number of unbranched alkanes of at least 4 members (excludes halogenated alkanes) is 3. The first-order chi connectivity index (χ1) is 22.7. The summed E-state index contributed by atoms with van der Waals surface area (Å²) in [6.45, 7) is 13.0. The lowest BCUT2D eigenvalue weighted by Crippen LogP contribution is -2.15. The van der Waals surface area contributed by atoms with E-state index in [0.717, 1.165) is 13.0 Å². The zero-order valence-electron chi connectivity index (χ0n) is 27.7. The molecule has 0 saturated carbocycles. The summed E-state index contributed by atoms with van der Waals surface area (Å²) >= 11 is 0. The summed E-state index contributed by atoms with van der Waals surface area (Å²) < 4.78 is 60.2. The lowest BCUT2D eigenvalue weighted by molar-refractivity contribution is -0.384. The summed E-state index contributed by atoms with van der Waals surface area (Å²) in [5.74, 6) is 0.558. The fourth-order valence-electron chi connectivity index (χ4n) is 3.59. The maximum Gasteiger partial charge on any atom is 0.269 e. The lowest BCUT2D eigenvalue weighted by atomic mass is 10.2. The van der Waals surface area contributed by atoms with E-state index in [9.17, 15) is 10.1 Å². The predicted octanol–water partition coefficient (Wildman–Crippen LogP) is 3.72. The molecule has 14 nitrogen and oxygen atoms in total. The molecule has 0 aliphatic carbocycles.